The van der Waals surface area contributed by atoms with Crippen molar-refractivity contribution in [2.75, 3.05) is 11.3 Å². The van der Waals surface area contributed by atoms with Gasteiger partial charge in [0.2, 0.25) is 0 Å². The van der Waals surface area contributed by atoms with E-state index < -0.39 is 10.0 Å². The largest absolute Gasteiger partial charge is 0.494 e. The number of hydrogen-bond acceptors (Lipinski definition) is 5. The Morgan fingerprint density at radius 1 is 1.03 bits per heavy atom. The van der Waals surface area contributed by atoms with E-state index in [4.69, 9.17) is 4.74 Å². The second-order valence-corrected chi connectivity index (χ2v) is 7.78. The Morgan fingerprint density at radius 3 is 2.52 bits per heavy atom. The van der Waals surface area contributed by atoms with Gasteiger partial charge in [0, 0.05) is 17.4 Å². The SMILES string of the molecule is CCOc1ccc(S(=O)(=O)Nc2cccc(C(=O)NCc3ccccn3)c2)cc1. The number of ether oxygens (including phenoxy) is 1. The van der Waals surface area contributed by atoms with Crippen molar-refractivity contribution in [2.45, 2.75) is 18.4 Å². The number of sulfonamides is 1. The average molecular weight is 411 g/mol. The van der Waals surface area contributed by atoms with Gasteiger partial charge < -0.3 is 10.1 Å². The Balaban J connectivity index is 1.69. The molecule has 0 atom stereocenters. The minimum atomic E-state index is -3.79. The Labute approximate surface area is 169 Å². The van der Waals surface area contributed by atoms with E-state index in [-0.39, 0.29) is 17.3 Å². The van der Waals surface area contributed by atoms with Crippen molar-refractivity contribution < 1.29 is 17.9 Å². The number of amides is 1. The second kappa shape index (κ2) is 9.20. The standard InChI is InChI=1S/C21H21N3O4S/c1-2-28-19-9-11-20(12-10-19)29(26,27)24-17-8-5-6-16(14-17)21(25)23-15-18-7-3-4-13-22-18/h3-14,24H,2,15H2,1H3,(H,23,25). The van der Waals surface area contributed by atoms with E-state index >= 15 is 0 Å². The fourth-order valence-electron chi connectivity index (χ4n) is 2.60. The summed E-state index contributed by atoms with van der Waals surface area (Å²) in [4.78, 5) is 16.6. The van der Waals surface area contributed by atoms with Crippen LogP contribution in [0.25, 0.3) is 0 Å². The Kier molecular flexibility index (Phi) is 6.46. The molecule has 1 amide bonds. The zero-order chi connectivity index (χ0) is 20.7. The first-order chi connectivity index (χ1) is 14.0. The highest BCUT2D eigenvalue weighted by atomic mass is 32.2. The minimum absolute atomic E-state index is 0.103. The number of carbonyl (C=O) groups is 1. The lowest BCUT2D eigenvalue weighted by Gasteiger charge is -2.11. The molecule has 8 heteroatoms. The van der Waals surface area contributed by atoms with Crippen LogP contribution in [-0.4, -0.2) is 25.9 Å². The van der Waals surface area contributed by atoms with Crippen molar-refractivity contribution in [3.05, 3.63) is 84.2 Å². The molecule has 0 radical (unpaired) electrons. The number of nitrogens with zero attached hydrogens (tertiary/aromatic N) is 1. The maximum atomic E-state index is 12.6. The summed E-state index contributed by atoms with van der Waals surface area (Å²) in [5, 5.41) is 2.76. The highest BCUT2D eigenvalue weighted by molar-refractivity contribution is 7.92. The number of pyridine rings is 1. The van der Waals surface area contributed by atoms with Gasteiger partial charge in [-0.25, -0.2) is 8.42 Å². The van der Waals surface area contributed by atoms with Crippen LogP contribution in [0, 0.1) is 0 Å². The molecule has 0 saturated carbocycles. The van der Waals surface area contributed by atoms with Gasteiger partial charge in [-0.1, -0.05) is 12.1 Å². The van der Waals surface area contributed by atoms with E-state index in [0.717, 1.165) is 5.69 Å². The number of nitrogens with one attached hydrogen (secondary N) is 2. The van der Waals surface area contributed by atoms with Crippen LogP contribution in [0.5, 0.6) is 5.75 Å². The summed E-state index contributed by atoms with van der Waals surface area (Å²) in [7, 11) is -3.79. The molecule has 29 heavy (non-hydrogen) atoms. The highest BCUT2D eigenvalue weighted by Gasteiger charge is 2.15. The zero-order valence-corrected chi connectivity index (χ0v) is 16.6. The molecule has 0 aliphatic rings. The van der Waals surface area contributed by atoms with Crippen LogP contribution in [0.3, 0.4) is 0 Å². The van der Waals surface area contributed by atoms with Crippen molar-refractivity contribution in [3.63, 3.8) is 0 Å². The molecule has 3 aromatic rings. The van der Waals surface area contributed by atoms with E-state index in [1.54, 1.807) is 42.6 Å². The fourth-order valence-corrected chi connectivity index (χ4v) is 3.64. The Bertz CT molecular complexity index is 1070. The minimum Gasteiger partial charge on any atom is -0.494 e. The van der Waals surface area contributed by atoms with Crippen molar-refractivity contribution >= 4 is 21.6 Å². The van der Waals surface area contributed by atoms with Gasteiger partial charge in [0.05, 0.1) is 23.7 Å². The third-order valence-electron chi connectivity index (χ3n) is 3.98. The molecule has 7 nitrogen and oxygen atoms in total. The summed E-state index contributed by atoms with van der Waals surface area (Å²) < 4.78 is 33.0. The molecule has 3 rings (SSSR count). The lowest BCUT2D eigenvalue weighted by molar-refractivity contribution is 0.0950. The van der Waals surface area contributed by atoms with E-state index in [1.165, 1.54) is 18.2 Å². The van der Waals surface area contributed by atoms with Gasteiger partial charge in [-0.3, -0.25) is 14.5 Å². The number of rotatable bonds is 8. The van der Waals surface area contributed by atoms with Crippen LogP contribution in [0.1, 0.15) is 23.0 Å². The van der Waals surface area contributed by atoms with Crippen LogP contribution < -0.4 is 14.8 Å². The predicted octanol–water partition coefficient (Wildman–Crippen LogP) is 3.21. The molecule has 1 aromatic heterocycles. The van der Waals surface area contributed by atoms with Crippen LogP contribution in [0.4, 0.5) is 5.69 Å². The van der Waals surface area contributed by atoms with Crippen LogP contribution in [-0.2, 0) is 16.6 Å². The number of hydrogen-bond donors (Lipinski definition) is 2. The van der Waals surface area contributed by atoms with Crippen molar-refractivity contribution in [2.24, 2.45) is 0 Å². The summed E-state index contributed by atoms with van der Waals surface area (Å²) in [5.74, 6) is 0.274. The van der Waals surface area contributed by atoms with Gasteiger partial charge >= 0.3 is 0 Å². The predicted molar refractivity (Wildman–Crippen MR) is 110 cm³/mol. The molecule has 150 valence electrons. The monoisotopic (exact) mass is 411 g/mol. The molecule has 0 bridgehead atoms. The molecule has 0 saturated heterocycles. The summed E-state index contributed by atoms with van der Waals surface area (Å²) in [6, 6.07) is 17.9. The van der Waals surface area contributed by atoms with Crippen molar-refractivity contribution in [1.82, 2.24) is 10.3 Å². The molecular formula is C21H21N3O4S. The number of benzene rings is 2. The Hall–Kier alpha value is -3.39. The van der Waals surface area contributed by atoms with Gasteiger partial charge in [0.25, 0.3) is 15.9 Å². The molecule has 0 fully saturated rings. The number of anilines is 1. The summed E-state index contributed by atoms with van der Waals surface area (Å²) in [5.41, 5.74) is 1.37. The number of aromatic nitrogens is 1. The molecule has 2 N–H and O–H groups in total. The molecule has 2 aromatic carbocycles. The van der Waals surface area contributed by atoms with E-state index in [2.05, 4.69) is 15.0 Å². The maximum absolute atomic E-state index is 12.6. The normalized spacial score (nSPS) is 10.9. The summed E-state index contributed by atoms with van der Waals surface area (Å²) >= 11 is 0. The lowest BCUT2D eigenvalue weighted by atomic mass is 10.2. The van der Waals surface area contributed by atoms with Gasteiger partial charge in [-0.2, -0.15) is 0 Å². The first-order valence-electron chi connectivity index (χ1n) is 9.02. The molecule has 1 heterocycles. The van der Waals surface area contributed by atoms with Crippen LogP contribution in [0.2, 0.25) is 0 Å². The average Bonchev–Trinajstić information content (AvgIpc) is 2.73. The molecular weight excluding hydrogens is 390 g/mol. The molecule has 0 aliphatic carbocycles. The van der Waals surface area contributed by atoms with Gasteiger partial charge in [0.1, 0.15) is 5.75 Å². The smallest absolute Gasteiger partial charge is 0.261 e. The van der Waals surface area contributed by atoms with Crippen LogP contribution >= 0.6 is 0 Å². The molecule has 0 spiro atoms. The van der Waals surface area contributed by atoms with Crippen molar-refractivity contribution in [1.29, 1.82) is 0 Å². The van der Waals surface area contributed by atoms with Gasteiger partial charge in [-0.15, -0.1) is 0 Å². The Morgan fingerprint density at radius 2 is 1.83 bits per heavy atom. The third-order valence-corrected chi connectivity index (χ3v) is 5.38. The quantitative estimate of drug-likeness (QED) is 0.593. The second-order valence-electron chi connectivity index (χ2n) is 6.09. The first-order valence-corrected chi connectivity index (χ1v) is 10.5. The molecule has 0 aliphatic heterocycles. The zero-order valence-electron chi connectivity index (χ0n) is 15.8. The first kappa shape index (κ1) is 20.3. The van der Waals surface area contributed by atoms with Gasteiger partial charge in [0.15, 0.2) is 0 Å². The van der Waals surface area contributed by atoms with Crippen molar-refractivity contribution in [3.8, 4) is 5.75 Å². The lowest BCUT2D eigenvalue weighted by Crippen LogP contribution is -2.23. The molecule has 0 unspecified atom stereocenters. The van der Waals surface area contributed by atoms with E-state index in [9.17, 15) is 13.2 Å². The third kappa shape index (κ3) is 5.55. The van der Waals surface area contributed by atoms with E-state index in [1.807, 2.05) is 19.1 Å². The maximum Gasteiger partial charge on any atom is 0.261 e. The topological polar surface area (TPSA) is 97.4 Å². The number of carbonyl (C=O) groups excluding carboxylic acids is 1. The van der Waals surface area contributed by atoms with E-state index in [0.29, 0.717) is 23.6 Å². The van der Waals surface area contributed by atoms with Crippen LogP contribution in [0.15, 0.2) is 77.8 Å². The van der Waals surface area contributed by atoms with Gasteiger partial charge in [-0.05, 0) is 61.5 Å². The summed E-state index contributed by atoms with van der Waals surface area (Å²) in [6.45, 7) is 2.63. The summed E-state index contributed by atoms with van der Waals surface area (Å²) in [6.07, 6.45) is 1.65. The highest BCUT2D eigenvalue weighted by Crippen LogP contribution is 2.20. The fraction of sp³-hybridized carbons (Fsp3) is 0.143.